The molecule has 0 saturated heterocycles. The molecule has 0 aliphatic carbocycles. The topological polar surface area (TPSA) is 64.0 Å². The largest absolute Gasteiger partial charge is 0.276 e. The third kappa shape index (κ3) is 3.29. The molecule has 1 aromatic heterocycles. The zero-order valence-corrected chi connectivity index (χ0v) is 14.8. The molecule has 0 aliphatic rings. The summed E-state index contributed by atoms with van der Waals surface area (Å²) in [6, 6.07) is 6.78. The van der Waals surface area contributed by atoms with Crippen molar-refractivity contribution < 1.29 is 8.42 Å². The Morgan fingerprint density at radius 2 is 1.95 bits per heavy atom. The lowest BCUT2D eigenvalue weighted by Gasteiger charge is -2.11. The van der Waals surface area contributed by atoms with Gasteiger partial charge in [-0.05, 0) is 45.9 Å². The van der Waals surface area contributed by atoms with Gasteiger partial charge in [0.25, 0.3) is 10.0 Å². The smallest absolute Gasteiger partial charge is 0.262 e. The van der Waals surface area contributed by atoms with E-state index in [0.29, 0.717) is 11.4 Å². The SMILES string of the molecule is Cc1nn(C(C)C)c(C)c1NS(=O)(=O)c1cccc(Br)c1. The molecule has 1 heterocycles. The summed E-state index contributed by atoms with van der Waals surface area (Å²) >= 11 is 3.28. The third-order valence-corrected chi connectivity index (χ3v) is 5.00. The van der Waals surface area contributed by atoms with Crippen LogP contribution in [-0.4, -0.2) is 18.2 Å². The third-order valence-electron chi connectivity index (χ3n) is 3.16. The van der Waals surface area contributed by atoms with Crippen LogP contribution >= 0.6 is 15.9 Å². The van der Waals surface area contributed by atoms with Crippen molar-refractivity contribution in [2.24, 2.45) is 0 Å². The van der Waals surface area contributed by atoms with E-state index >= 15 is 0 Å². The quantitative estimate of drug-likeness (QED) is 0.891. The molecule has 0 radical (unpaired) electrons. The standard InChI is InChI=1S/C14H18BrN3O2S/c1-9(2)18-11(4)14(10(3)16-18)17-21(19,20)13-7-5-6-12(15)8-13/h5-9,17H,1-4H3. The van der Waals surface area contributed by atoms with Gasteiger partial charge in [-0.1, -0.05) is 22.0 Å². The molecule has 0 fully saturated rings. The van der Waals surface area contributed by atoms with Gasteiger partial charge in [0.2, 0.25) is 0 Å². The molecule has 114 valence electrons. The first-order chi connectivity index (χ1) is 9.72. The molecule has 21 heavy (non-hydrogen) atoms. The van der Waals surface area contributed by atoms with Crippen LogP contribution in [0.15, 0.2) is 33.6 Å². The van der Waals surface area contributed by atoms with Gasteiger partial charge in [0.05, 0.1) is 22.0 Å². The average molecular weight is 372 g/mol. The lowest BCUT2D eigenvalue weighted by molar-refractivity contribution is 0.516. The number of halogens is 1. The Morgan fingerprint density at radius 3 is 2.48 bits per heavy atom. The predicted molar refractivity (Wildman–Crippen MR) is 87.0 cm³/mol. The van der Waals surface area contributed by atoms with Gasteiger partial charge >= 0.3 is 0 Å². The molecular weight excluding hydrogens is 354 g/mol. The van der Waals surface area contributed by atoms with Gasteiger partial charge in [-0.25, -0.2) is 8.42 Å². The molecule has 0 aliphatic heterocycles. The van der Waals surface area contributed by atoms with Gasteiger partial charge in [-0.2, -0.15) is 5.10 Å². The maximum absolute atomic E-state index is 12.5. The monoisotopic (exact) mass is 371 g/mol. The van der Waals surface area contributed by atoms with E-state index in [1.165, 1.54) is 0 Å². The maximum Gasteiger partial charge on any atom is 0.262 e. The Bertz CT molecular complexity index is 767. The highest BCUT2D eigenvalue weighted by atomic mass is 79.9. The summed E-state index contributed by atoms with van der Waals surface area (Å²) in [7, 11) is -3.63. The van der Waals surface area contributed by atoms with Crippen LogP contribution in [0.1, 0.15) is 31.3 Å². The molecule has 2 rings (SSSR count). The number of benzene rings is 1. The summed E-state index contributed by atoms with van der Waals surface area (Å²) in [5.41, 5.74) is 2.02. The first kappa shape index (κ1) is 16.0. The van der Waals surface area contributed by atoms with Gasteiger partial charge in [0, 0.05) is 10.5 Å². The van der Waals surface area contributed by atoms with E-state index in [1.807, 2.05) is 25.5 Å². The molecule has 0 saturated carbocycles. The molecule has 1 aromatic carbocycles. The van der Waals surface area contributed by atoms with Crippen LogP contribution in [0.5, 0.6) is 0 Å². The van der Waals surface area contributed by atoms with Crippen LogP contribution in [0.2, 0.25) is 0 Å². The Hall–Kier alpha value is -1.34. The number of hydrogen-bond donors (Lipinski definition) is 1. The lowest BCUT2D eigenvalue weighted by atomic mass is 10.3. The highest BCUT2D eigenvalue weighted by Crippen LogP contribution is 2.26. The number of aryl methyl sites for hydroxylation is 1. The average Bonchev–Trinajstić information content (AvgIpc) is 2.66. The van der Waals surface area contributed by atoms with Crippen LogP contribution in [0.25, 0.3) is 0 Å². The van der Waals surface area contributed by atoms with E-state index in [9.17, 15) is 8.42 Å². The van der Waals surface area contributed by atoms with Gasteiger partial charge in [-0.15, -0.1) is 0 Å². The molecule has 7 heteroatoms. The van der Waals surface area contributed by atoms with Crippen molar-refractivity contribution in [3.8, 4) is 0 Å². The molecule has 0 amide bonds. The molecule has 1 N–H and O–H groups in total. The van der Waals surface area contributed by atoms with Crippen LogP contribution < -0.4 is 4.72 Å². The minimum Gasteiger partial charge on any atom is -0.276 e. The van der Waals surface area contributed by atoms with E-state index < -0.39 is 10.0 Å². The van der Waals surface area contributed by atoms with Crippen molar-refractivity contribution in [2.45, 2.75) is 38.6 Å². The molecule has 5 nitrogen and oxygen atoms in total. The number of rotatable bonds is 4. The zero-order valence-electron chi connectivity index (χ0n) is 12.4. The molecule has 0 bridgehead atoms. The normalized spacial score (nSPS) is 11.9. The van der Waals surface area contributed by atoms with Gasteiger partial charge in [0.1, 0.15) is 0 Å². The summed E-state index contributed by atoms with van der Waals surface area (Å²) < 4.78 is 30.1. The second kappa shape index (κ2) is 5.81. The summed E-state index contributed by atoms with van der Waals surface area (Å²) in [5.74, 6) is 0. The van der Waals surface area contributed by atoms with E-state index in [4.69, 9.17) is 0 Å². The zero-order chi connectivity index (χ0) is 15.8. The van der Waals surface area contributed by atoms with E-state index in [1.54, 1.807) is 31.2 Å². The summed E-state index contributed by atoms with van der Waals surface area (Å²) in [4.78, 5) is 0.216. The van der Waals surface area contributed by atoms with Crippen LogP contribution in [0, 0.1) is 13.8 Å². The minimum absolute atomic E-state index is 0.174. The maximum atomic E-state index is 12.5. The number of nitrogens with zero attached hydrogens (tertiary/aromatic N) is 2. The van der Waals surface area contributed by atoms with Crippen molar-refractivity contribution in [2.75, 3.05) is 4.72 Å². The highest BCUT2D eigenvalue weighted by molar-refractivity contribution is 9.10. The van der Waals surface area contributed by atoms with Crippen molar-refractivity contribution >= 4 is 31.6 Å². The number of aromatic nitrogens is 2. The summed E-state index contributed by atoms with van der Waals surface area (Å²) in [6.45, 7) is 7.67. The first-order valence-electron chi connectivity index (χ1n) is 6.56. The first-order valence-corrected chi connectivity index (χ1v) is 8.84. The second-order valence-electron chi connectivity index (χ2n) is 5.15. The minimum atomic E-state index is -3.63. The number of anilines is 1. The van der Waals surface area contributed by atoms with E-state index in [-0.39, 0.29) is 10.9 Å². The van der Waals surface area contributed by atoms with Crippen LogP contribution in [-0.2, 0) is 10.0 Å². The molecule has 0 spiro atoms. The van der Waals surface area contributed by atoms with Crippen LogP contribution in [0.4, 0.5) is 5.69 Å². The van der Waals surface area contributed by atoms with E-state index in [0.717, 1.165) is 10.2 Å². The summed E-state index contributed by atoms with van der Waals surface area (Å²) in [5, 5.41) is 4.39. The van der Waals surface area contributed by atoms with Gasteiger partial charge in [0.15, 0.2) is 0 Å². The van der Waals surface area contributed by atoms with Crippen molar-refractivity contribution in [3.05, 3.63) is 40.1 Å². The fourth-order valence-electron chi connectivity index (χ4n) is 2.14. The second-order valence-corrected chi connectivity index (χ2v) is 7.75. The fraction of sp³-hybridized carbons (Fsp3) is 0.357. The number of sulfonamides is 1. The molecule has 2 aromatic rings. The van der Waals surface area contributed by atoms with Crippen LogP contribution in [0.3, 0.4) is 0 Å². The summed E-state index contributed by atoms with van der Waals surface area (Å²) in [6.07, 6.45) is 0. The predicted octanol–water partition coefficient (Wildman–Crippen LogP) is 3.64. The van der Waals surface area contributed by atoms with Gasteiger partial charge in [-0.3, -0.25) is 9.40 Å². The Labute approximate surface area is 133 Å². The van der Waals surface area contributed by atoms with Crippen molar-refractivity contribution in [1.82, 2.24) is 9.78 Å². The lowest BCUT2D eigenvalue weighted by Crippen LogP contribution is -2.14. The highest BCUT2D eigenvalue weighted by Gasteiger charge is 2.20. The molecule has 0 unspecified atom stereocenters. The van der Waals surface area contributed by atoms with Crippen molar-refractivity contribution in [1.29, 1.82) is 0 Å². The number of hydrogen-bond acceptors (Lipinski definition) is 3. The number of nitrogens with one attached hydrogen (secondary N) is 1. The van der Waals surface area contributed by atoms with E-state index in [2.05, 4.69) is 25.8 Å². The Balaban J connectivity index is 2.42. The van der Waals surface area contributed by atoms with Crippen molar-refractivity contribution in [3.63, 3.8) is 0 Å². The van der Waals surface area contributed by atoms with Gasteiger partial charge < -0.3 is 0 Å². The Kier molecular flexibility index (Phi) is 4.43. The fourth-order valence-corrected chi connectivity index (χ4v) is 3.91. The molecular formula is C14H18BrN3O2S. The Morgan fingerprint density at radius 1 is 1.29 bits per heavy atom. The molecule has 0 atom stereocenters.